The van der Waals surface area contributed by atoms with Crippen molar-refractivity contribution in [1.82, 2.24) is 4.98 Å². The van der Waals surface area contributed by atoms with E-state index in [1.165, 1.54) is 6.07 Å². The van der Waals surface area contributed by atoms with Crippen molar-refractivity contribution in [3.05, 3.63) is 76.2 Å². The molecule has 2 atom stereocenters. The number of ketones is 1. The van der Waals surface area contributed by atoms with Crippen LogP contribution < -0.4 is 9.47 Å². The van der Waals surface area contributed by atoms with Gasteiger partial charge in [-0.05, 0) is 67.6 Å². The topological polar surface area (TPSA) is 57.7 Å². The van der Waals surface area contributed by atoms with Crippen LogP contribution in [-0.4, -0.2) is 30.1 Å². The fourth-order valence-corrected chi connectivity index (χ4v) is 5.54. The Balaban J connectivity index is 1.34. The van der Waals surface area contributed by atoms with Gasteiger partial charge in [-0.2, -0.15) is 0 Å². The molecule has 1 saturated heterocycles. The summed E-state index contributed by atoms with van der Waals surface area (Å²) >= 11 is 6.55. The molecule has 0 saturated carbocycles. The number of rotatable bonds is 8. The van der Waals surface area contributed by atoms with Crippen molar-refractivity contribution in [3.8, 4) is 34.6 Å². The average Bonchev–Trinajstić information content (AvgIpc) is 3.35. The zero-order valence-electron chi connectivity index (χ0n) is 22.1. The van der Waals surface area contributed by atoms with Crippen LogP contribution in [0.15, 0.2) is 48.7 Å². The smallest absolute Gasteiger partial charge is 0.232 e. The minimum Gasteiger partial charge on any atom is -0.486 e. The lowest BCUT2D eigenvalue weighted by Crippen LogP contribution is -2.26. The molecule has 0 radical (unpaired) electrons. The maximum atomic E-state index is 15.1. The normalized spacial score (nSPS) is 17.6. The van der Waals surface area contributed by atoms with Gasteiger partial charge in [0, 0.05) is 36.6 Å². The predicted molar refractivity (Wildman–Crippen MR) is 149 cm³/mol. The SMILES string of the molecule is CC#C[C@@H](CC(C)=O)c1ccc(O[C@@H]2CCc3c(-c4cnc(OC5CCOCC5)c(Cl)c4)ccc(F)c32)cc1. The molecule has 39 heavy (non-hydrogen) atoms. The molecule has 202 valence electrons. The summed E-state index contributed by atoms with van der Waals surface area (Å²) in [6.07, 6.45) is 4.68. The summed E-state index contributed by atoms with van der Waals surface area (Å²) in [5.74, 6) is 6.72. The van der Waals surface area contributed by atoms with Crippen LogP contribution in [0.1, 0.15) is 68.2 Å². The number of fused-ring (bicyclic) bond motifs is 1. The van der Waals surface area contributed by atoms with Crippen molar-refractivity contribution in [2.45, 2.75) is 64.1 Å². The molecule has 0 unspecified atom stereocenters. The molecule has 0 N–H and O–H groups in total. The van der Waals surface area contributed by atoms with Crippen LogP contribution in [0, 0.1) is 17.7 Å². The minimum atomic E-state index is -0.409. The molecule has 2 aliphatic rings. The number of benzene rings is 2. The number of ether oxygens (including phenoxy) is 3. The van der Waals surface area contributed by atoms with Gasteiger partial charge in [-0.3, -0.25) is 4.79 Å². The van der Waals surface area contributed by atoms with Gasteiger partial charge in [0.25, 0.3) is 0 Å². The van der Waals surface area contributed by atoms with Crippen molar-refractivity contribution in [1.29, 1.82) is 0 Å². The molecular weight excluding hydrogens is 517 g/mol. The molecule has 5 rings (SSSR count). The Bertz CT molecular complexity index is 1410. The molecule has 7 heteroatoms. The van der Waals surface area contributed by atoms with E-state index in [1.807, 2.05) is 30.3 Å². The number of carbonyl (C=O) groups is 1. The first kappa shape index (κ1) is 27.2. The molecule has 1 aliphatic heterocycles. The van der Waals surface area contributed by atoms with Crippen LogP contribution in [0.4, 0.5) is 4.39 Å². The Labute approximate surface area is 233 Å². The Kier molecular flexibility index (Phi) is 8.50. The van der Waals surface area contributed by atoms with Gasteiger partial charge in [0.15, 0.2) is 0 Å². The molecule has 3 aromatic rings. The second kappa shape index (κ2) is 12.2. The maximum Gasteiger partial charge on any atom is 0.232 e. The predicted octanol–water partition coefficient (Wildman–Crippen LogP) is 7.25. The van der Waals surface area contributed by atoms with Gasteiger partial charge in [-0.25, -0.2) is 9.37 Å². The lowest BCUT2D eigenvalue weighted by atomic mass is 9.94. The third-order valence-electron chi connectivity index (χ3n) is 7.22. The second-order valence-corrected chi connectivity index (χ2v) is 10.4. The van der Waals surface area contributed by atoms with E-state index in [-0.39, 0.29) is 23.6 Å². The highest BCUT2D eigenvalue weighted by Crippen LogP contribution is 2.42. The Morgan fingerprint density at radius 3 is 2.62 bits per heavy atom. The molecule has 1 aromatic heterocycles. The fraction of sp³-hybridized carbons (Fsp3) is 0.375. The molecule has 5 nitrogen and oxygen atoms in total. The zero-order valence-corrected chi connectivity index (χ0v) is 22.9. The zero-order chi connectivity index (χ0) is 27.4. The molecule has 1 aliphatic carbocycles. The van der Waals surface area contributed by atoms with Gasteiger partial charge in [0.1, 0.15) is 34.6 Å². The molecule has 2 heterocycles. The van der Waals surface area contributed by atoms with Gasteiger partial charge in [0.2, 0.25) is 5.88 Å². The quantitative estimate of drug-likeness (QED) is 0.278. The fourth-order valence-electron chi connectivity index (χ4n) is 5.33. The molecular formula is C32H31ClFNO4. The molecule has 1 fully saturated rings. The Morgan fingerprint density at radius 2 is 1.92 bits per heavy atom. The highest BCUT2D eigenvalue weighted by molar-refractivity contribution is 6.32. The molecule has 0 spiro atoms. The number of nitrogens with zero attached hydrogens (tertiary/aromatic N) is 1. The number of hydrogen-bond acceptors (Lipinski definition) is 5. The highest BCUT2D eigenvalue weighted by Gasteiger charge is 2.30. The number of aromatic nitrogens is 1. The van der Waals surface area contributed by atoms with E-state index >= 15 is 4.39 Å². The van der Waals surface area contributed by atoms with Crippen LogP contribution in [0.25, 0.3) is 11.1 Å². The standard InChI is InChI=1S/C32H31ClFNO4/c1-3-4-22(17-20(2)36)21-5-7-24(8-6-21)38-30-12-10-27-26(9-11-29(34)31(27)30)23-18-28(33)32(35-19-23)39-25-13-15-37-16-14-25/h5-9,11,18-19,22,25,30H,10,12-17H2,1-2H3/t22-,30+/m0/s1. The number of pyridine rings is 1. The van der Waals surface area contributed by atoms with Gasteiger partial charge in [-0.15, -0.1) is 5.92 Å². The minimum absolute atomic E-state index is 0.0382. The molecule has 2 aromatic carbocycles. The maximum absolute atomic E-state index is 15.1. The first-order chi connectivity index (χ1) is 18.9. The summed E-state index contributed by atoms with van der Waals surface area (Å²) < 4.78 is 32.8. The van der Waals surface area contributed by atoms with E-state index in [0.29, 0.717) is 54.7 Å². The number of Topliss-reactive ketones (excluding diaryl/α,β-unsaturated/α-hetero) is 1. The van der Waals surface area contributed by atoms with Crippen LogP contribution in [0.2, 0.25) is 5.02 Å². The van der Waals surface area contributed by atoms with Gasteiger partial charge in [0.05, 0.1) is 19.1 Å². The van der Waals surface area contributed by atoms with E-state index in [0.717, 1.165) is 35.1 Å². The van der Waals surface area contributed by atoms with Crippen molar-refractivity contribution in [2.75, 3.05) is 13.2 Å². The highest BCUT2D eigenvalue weighted by atomic mass is 35.5. The van der Waals surface area contributed by atoms with Crippen molar-refractivity contribution < 1.29 is 23.4 Å². The van der Waals surface area contributed by atoms with Gasteiger partial charge >= 0.3 is 0 Å². The summed E-state index contributed by atoms with van der Waals surface area (Å²) in [7, 11) is 0. The largest absolute Gasteiger partial charge is 0.486 e. The summed E-state index contributed by atoms with van der Waals surface area (Å²) in [6, 6.07) is 12.7. The Hall–Kier alpha value is -3.40. The first-order valence-electron chi connectivity index (χ1n) is 13.3. The van der Waals surface area contributed by atoms with Gasteiger partial charge in [-0.1, -0.05) is 35.7 Å². The first-order valence-corrected chi connectivity index (χ1v) is 13.7. The van der Waals surface area contributed by atoms with Crippen LogP contribution in [0.3, 0.4) is 0 Å². The van der Waals surface area contributed by atoms with E-state index in [4.69, 9.17) is 25.8 Å². The number of hydrogen-bond donors (Lipinski definition) is 0. The third kappa shape index (κ3) is 6.27. The van der Waals surface area contributed by atoms with Crippen LogP contribution >= 0.6 is 11.6 Å². The summed E-state index contributed by atoms with van der Waals surface area (Å²) in [4.78, 5) is 16.1. The summed E-state index contributed by atoms with van der Waals surface area (Å²) in [5.41, 5.74) is 4.15. The summed E-state index contributed by atoms with van der Waals surface area (Å²) in [5, 5.41) is 0.429. The third-order valence-corrected chi connectivity index (χ3v) is 7.49. The van der Waals surface area contributed by atoms with Gasteiger partial charge < -0.3 is 14.2 Å². The summed E-state index contributed by atoms with van der Waals surface area (Å²) in [6.45, 7) is 4.68. The molecule has 0 bridgehead atoms. The van der Waals surface area contributed by atoms with Crippen LogP contribution in [-0.2, 0) is 16.0 Å². The van der Waals surface area contributed by atoms with E-state index in [1.54, 1.807) is 26.1 Å². The number of halogens is 2. The van der Waals surface area contributed by atoms with E-state index in [2.05, 4.69) is 16.8 Å². The van der Waals surface area contributed by atoms with Crippen LogP contribution in [0.5, 0.6) is 11.6 Å². The lowest BCUT2D eigenvalue weighted by molar-refractivity contribution is -0.117. The average molecular weight is 548 g/mol. The van der Waals surface area contributed by atoms with Crippen molar-refractivity contribution in [3.63, 3.8) is 0 Å². The van der Waals surface area contributed by atoms with Crippen molar-refractivity contribution >= 4 is 17.4 Å². The molecule has 0 amide bonds. The lowest BCUT2D eigenvalue weighted by Gasteiger charge is -2.23. The second-order valence-electron chi connectivity index (χ2n) is 9.99. The van der Waals surface area contributed by atoms with E-state index in [9.17, 15) is 4.79 Å². The number of carbonyl (C=O) groups excluding carboxylic acids is 1. The van der Waals surface area contributed by atoms with E-state index < -0.39 is 6.10 Å². The van der Waals surface area contributed by atoms with Crippen molar-refractivity contribution in [2.24, 2.45) is 0 Å². The monoisotopic (exact) mass is 547 g/mol. The Morgan fingerprint density at radius 1 is 1.15 bits per heavy atom.